The van der Waals surface area contributed by atoms with Crippen LogP contribution in [0, 0.1) is 5.92 Å². The number of hydrogen-bond donors (Lipinski definition) is 1. The van der Waals surface area contributed by atoms with Gasteiger partial charge < -0.3 is 14.4 Å². The molecule has 0 bridgehead atoms. The maximum absolute atomic E-state index is 12.3. The zero-order valence-electron chi connectivity index (χ0n) is 13.0. The summed E-state index contributed by atoms with van der Waals surface area (Å²) in [6.45, 7) is 9.08. The molecule has 0 spiro atoms. The molecule has 0 aliphatic carbocycles. The van der Waals surface area contributed by atoms with Crippen LogP contribution in [-0.4, -0.2) is 50.0 Å². The molecule has 1 N–H and O–H groups in total. The van der Waals surface area contributed by atoms with Crippen LogP contribution in [0.25, 0.3) is 0 Å². The van der Waals surface area contributed by atoms with Crippen molar-refractivity contribution in [2.75, 3.05) is 6.66 Å². The Morgan fingerprint density at radius 2 is 2.00 bits per heavy atom. The lowest BCUT2D eigenvalue weighted by atomic mass is 9.85. The Labute approximate surface area is 123 Å². The molecular formula is C13H26BO5P. The second kappa shape index (κ2) is 7.41. The predicted octanol–water partition coefficient (Wildman–Crippen LogP) is 2.31. The molecule has 1 aliphatic heterocycles. The summed E-state index contributed by atoms with van der Waals surface area (Å²) in [5.74, 6) is 0.353. The molecule has 1 fully saturated rings. The van der Waals surface area contributed by atoms with Crippen LogP contribution in [0.5, 0.6) is 0 Å². The van der Waals surface area contributed by atoms with Crippen LogP contribution in [0.3, 0.4) is 0 Å². The molecule has 0 amide bonds. The lowest BCUT2D eigenvalue weighted by molar-refractivity contribution is -0.145. The van der Waals surface area contributed by atoms with E-state index in [1.165, 1.54) is 6.66 Å². The summed E-state index contributed by atoms with van der Waals surface area (Å²) in [5, 5.41) is 10.2. The van der Waals surface area contributed by atoms with Gasteiger partial charge in [-0.05, 0) is 32.6 Å². The van der Waals surface area contributed by atoms with Crippen molar-refractivity contribution in [2.24, 2.45) is 5.92 Å². The van der Waals surface area contributed by atoms with E-state index in [1.807, 2.05) is 13.8 Å². The van der Waals surface area contributed by atoms with E-state index in [0.29, 0.717) is 12.3 Å². The molecule has 5 unspecified atom stereocenters. The van der Waals surface area contributed by atoms with Gasteiger partial charge in [-0.2, -0.15) is 0 Å². The fraction of sp³-hybridized carbons (Fsp3) is 1.00. The van der Waals surface area contributed by atoms with E-state index in [1.54, 1.807) is 13.8 Å². The standard InChI is InChI=1S/C13H26BO5P/c1-8(2)6-11-13(10(15)7-12(14)17-11)19-20(5,16)18-9(3)4/h8-13,15H,6-7H2,1-5H3. The largest absolute Gasteiger partial charge is 0.390 e. The highest BCUT2D eigenvalue weighted by atomic mass is 31.2. The number of aliphatic hydroxyl groups excluding tert-OH is 1. The Morgan fingerprint density at radius 3 is 2.50 bits per heavy atom. The minimum absolute atomic E-state index is 0.210. The number of rotatable bonds is 6. The third kappa shape index (κ3) is 5.86. The van der Waals surface area contributed by atoms with Crippen molar-refractivity contribution in [3.05, 3.63) is 0 Å². The average molecular weight is 304 g/mol. The van der Waals surface area contributed by atoms with E-state index in [-0.39, 0.29) is 18.6 Å². The summed E-state index contributed by atoms with van der Waals surface area (Å²) in [7, 11) is 2.52. The van der Waals surface area contributed by atoms with Crippen molar-refractivity contribution >= 4 is 15.4 Å². The van der Waals surface area contributed by atoms with Gasteiger partial charge in [0.05, 0.1) is 18.3 Å². The van der Waals surface area contributed by atoms with Gasteiger partial charge in [-0.15, -0.1) is 0 Å². The van der Waals surface area contributed by atoms with E-state index in [9.17, 15) is 9.67 Å². The Balaban J connectivity index is 2.78. The fourth-order valence-corrected chi connectivity index (χ4v) is 3.93. The monoisotopic (exact) mass is 304 g/mol. The first kappa shape index (κ1) is 18.2. The molecule has 2 radical (unpaired) electrons. The van der Waals surface area contributed by atoms with Gasteiger partial charge in [-0.1, -0.05) is 13.8 Å². The van der Waals surface area contributed by atoms with Crippen LogP contribution >= 0.6 is 7.60 Å². The van der Waals surface area contributed by atoms with Crippen LogP contribution in [0.15, 0.2) is 0 Å². The summed E-state index contributed by atoms with van der Waals surface area (Å²) in [4.78, 5) is 0. The van der Waals surface area contributed by atoms with Crippen molar-refractivity contribution in [3.63, 3.8) is 0 Å². The summed E-state index contributed by atoms with van der Waals surface area (Å²) < 4.78 is 28.8. The SMILES string of the molecule is [B]C1CC(O)C(OP(C)(=O)OC(C)C)C(CC(C)C)O1. The van der Waals surface area contributed by atoms with Gasteiger partial charge in [-0.3, -0.25) is 9.09 Å². The third-order valence-electron chi connectivity index (χ3n) is 2.99. The van der Waals surface area contributed by atoms with Crippen LogP contribution in [0.2, 0.25) is 0 Å². The Bertz CT molecular complexity index is 348. The van der Waals surface area contributed by atoms with E-state index in [0.717, 1.165) is 0 Å². The maximum atomic E-state index is 12.3. The molecule has 1 saturated heterocycles. The smallest absolute Gasteiger partial charge is 0.328 e. The van der Waals surface area contributed by atoms with Crippen LogP contribution in [0.4, 0.5) is 0 Å². The maximum Gasteiger partial charge on any atom is 0.328 e. The van der Waals surface area contributed by atoms with Crippen LogP contribution in [0.1, 0.15) is 40.5 Å². The van der Waals surface area contributed by atoms with Crippen molar-refractivity contribution in [2.45, 2.75) is 71.0 Å². The van der Waals surface area contributed by atoms with Gasteiger partial charge in [0.25, 0.3) is 0 Å². The molecule has 0 saturated carbocycles. The van der Waals surface area contributed by atoms with Crippen LogP contribution in [-0.2, 0) is 18.3 Å². The Morgan fingerprint density at radius 1 is 1.40 bits per heavy atom. The molecule has 5 nitrogen and oxygen atoms in total. The molecular weight excluding hydrogens is 278 g/mol. The molecule has 1 aliphatic rings. The summed E-state index contributed by atoms with van der Waals surface area (Å²) in [5.41, 5.74) is 0. The zero-order chi connectivity index (χ0) is 15.5. The third-order valence-corrected chi connectivity index (χ3v) is 4.42. The molecule has 116 valence electrons. The predicted molar refractivity (Wildman–Crippen MR) is 79.1 cm³/mol. The first-order valence-electron chi connectivity index (χ1n) is 7.14. The average Bonchev–Trinajstić information content (AvgIpc) is 2.20. The Kier molecular flexibility index (Phi) is 6.74. The molecule has 0 aromatic carbocycles. The normalized spacial score (nSPS) is 34.4. The van der Waals surface area contributed by atoms with Gasteiger partial charge in [0.15, 0.2) is 0 Å². The van der Waals surface area contributed by atoms with Gasteiger partial charge in [0.2, 0.25) is 0 Å². The molecule has 1 rings (SSSR count). The minimum atomic E-state index is -3.24. The van der Waals surface area contributed by atoms with E-state index in [4.69, 9.17) is 21.6 Å². The van der Waals surface area contributed by atoms with E-state index < -0.39 is 25.8 Å². The van der Waals surface area contributed by atoms with Crippen molar-refractivity contribution in [3.8, 4) is 0 Å². The fourth-order valence-electron chi connectivity index (χ4n) is 2.40. The molecule has 0 aromatic heterocycles. The number of aliphatic hydroxyl groups is 1. The molecule has 0 aromatic rings. The molecule has 20 heavy (non-hydrogen) atoms. The van der Waals surface area contributed by atoms with Crippen molar-refractivity contribution in [1.82, 2.24) is 0 Å². The van der Waals surface area contributed by atoms with Gasteiger partial charge in [0.1, 0.15) is 14.0 Å². The van der Waals surface area contributed by atoms with Crippen molar-refractivity contribution in [1.29, 1.82) is 0 Å². The summed E-state index contributed by atoms with van der Waals surface area (Å²) in [6.07, 6.45) is -1.12. The number of hydrogen-bond acceptors (Lipinski definition) is 5. The topological polar surface area (TPSA) is 65.0 Å². The summed E-state index contributed by atoms with van der Waals surface area (Å²) in [6, 6.07) is -0.518. The molecule has 1 heterocycles. The lowest BCUT2D eigenvalue weighted by Gasteiger charge is -2.40. The second-order valence-corrected chi connectivity index (χ2v) is 8.11. The lowest BCUT2D eigenvalue weighted by Crippen LogP contribution is -2.50. The van der Waals surface area contributed by atoms with E-state index in [2.05, 4.69) is 0 Å². The van der Waals surface area contributed by atoms with E-state index >= 15 is 0 Å². The van der Waals surface area contributed by atoms with Gasteiger partial charge >= 0.3 is 7.60 Å². The van der Waals surface area contributed by atoms with Gasteiger partial charge in [-0.25, -0.2) is 0 Å². The highest BCUT2D eigenvalue weighted by Gasteiger charge is 2.40. The van der Waals surface area contributed by atoms with Crippen molar-refractivity contribution < 1.29 is 23.5 Å². The number of ether oxygens (including phenoxy) is 1. The van der Waals surface area contributed by atoms with Crippen LogP contribution < -0.4 is 0 Å². The minimum Gasteiger partial charge on any atom is -0.390 e. The first-order valence-corrected chi connectivity index (χ1v) is 9.13. The first-order chi connectivity index (χ1) is 9.10. The van der Waals surface area contributed by atoms with Gasteiger partial charge in [0, 0.05) is 12.7 Å². The highest BCUT2D eigenvalue weighted by Crippen LogP contribution is 2.48. The summed E-state index contributed by atoms with van der Waals surface area (Å²) >= 11 is 0. The second-order valence-electron chi connectivity index (χ2n) is 6.14. The Hall–Kier alpha value is 0.135. The zero-order valence-corrected chi connectivity index (χ0v) is 13.9. The molecule has 7 heteroatoms. The molecule has 5 atom stereocenters. The quantitative estimate of drug-likeness (QED) is 0.602. The highest BCUT2D eigenvalue weighted by molar-refractivity contribution is 7.53.